The van der Waals surface area contributed by atoms with Gasteiger partial charge in [-0.15, -0.1) is 11.3 Å². The lowest BCUT2D eigenvalue weighted by molar-refractivity contribution is 0.0706. The molecule has 1 atom stereocenters. The number of nitrogens with zero attached hydrogens (tertiary/aromatic N) is 1. The third kappa shape index (κ3) is 2.27. The molecule has 1 fully saturated rings. The lowest BCUT2D eigenvalue weighted by atomic mass is 10.1. The van der Waals surface area contributed by atoms with Gasteiger partial charge in [0.1, 0.15) is 0 Å². The van der Waals surface area contributed by atoms with E-state index in [-0.39, 0.29) is 23.3 Å². The average Bonchev–Trinajstić information content (AvgIpc) is 3.26. The molecule has 0 saturated carbocycles. The number of hydrogen-bond donors (Lipinski definition) is 0. The summed E-state index contributed by atoms with van der Waals surface area (Å²) in [6.45, 7) is 2.52. The number of rotatable bonds is 2. The van der Waals surface area contributed by atoms with Crippen molar-refractivity contribution in [3.8, 4) is 0 Å². The first kappa shape index (κ1) is 14.5. The molecule has 1 aromatic carbocycles. The van der Waals surface area contributed by atoms with E-state index < -0.39 is 5.82 Å². The van der Waals surface area contributed by atoms with Crippen LogP contribution in [0.2, 0.25) is 0 Å². The Morgan fingerprint density at radius 3 is 2.96 bits per heavy atom. The number of amides is 1. The number of carbonyl (C=O) groups excluding carboxylic acids is 1. The van der Waals surface area contributed by atoms with E-state index in [4.69, 9.17) is 4.42 Å². The summed E-state index contributed by atoms with van der Waals surface area (Å²) in [7, 11) is 0. The molecule has 2 aromatic heterocycles. The molecule has 23 heavy (non-hydrogen) atoms. The van der Waals surface area contributed by atoms with Gasteiger partial charge in [0.05, 0.1) is 6.04 Å². The highest BCUT2D eigenvalue weighted by atomic mass is 32.1. The standard InChI is InChI=1S/C18H16FNO2S/c1-11-12-5-2-6-13(19)17(12)22-16(11)18(21)20-9-3-7-14(20)15-8-4-10-23-15/h2,4-6,8,10,14H,3,7,9H2,1H3. The Balaban J connectivity index is 1.74. The number of para-hydroxylation sites is 1. The Labute approximate surface area is 137 Å². The fraction of sp³-hybridized carbons (Fsp3) is 0.278. The first-order chi connectivity index (χ1) is 11.2. The molecule has 3 heterocycles. The smallest absolute Gasteiger partial charge is 0.290 e. The number of likely N-dealkylation sites (tertiary alicyclic amines) is 1. The van der Waals surface area contributed by atoms with Gasteiger partial charge < -0.3 is 9.32 Å². The first-order valence-corrected chi connectivity index (χ1v) is 8.57. The highest BCUT2D eigenvalue weighted by Gasteiger charge is 2.34. The summed E-state index contributed by atoms with van der Waals surface area (Å²) in [4.78, 5) is 16.0. The molecular formula is C18H16FNO2S. The van der Waals surface area contributed by atoms with Crippen LogP contribution in [0, 0.1) is 12.7 Å². The van der Waals surface area contributed by atoms with Crippen LogP contribution < -0.4 is 0 Å². The van der Waals surface area contributed by atoms with Crippen LogP contribution in [0.25, 0.3) is 11.0 Å². The Morgan fingerprint density at radius 1 is 1.35 bits per heavy atom. The molecular weight excluding hydrogens is 313 g/mol. The lowest BCUT2D eigenvalue weighted by Gasteiger charge is -2.23. The molecule has 1 aliphatic heterocycles. The third-order valence-corrected chi connectivity index (χ3v) is 5.47. The molecule has 1 unspecified atom stereocenters. The SMILES string of the molecule is Cc1c(C(=O)N2CCCC2c2cccs2)oc2c(F)cccc12. The van der Waals surface area contributed by atoms with Crippen LogP contribution in [0.1, 0.15) is 39.9 Å². The number of aryl methyl sites for hydroxylation is 1. The minimum absolute atomic E-state index is 0.0972. The molecule has 1 saturated heterocycles. The molecule has 1 amide bonds. The predicted octanol–water partition coefficient (Wildman–Crippen LogP) is 4.92. The van der Waals surface area contributed by atoms with E-state index >= 15 is 0 Å². The Hall–Kier alpha value is -2.14. The molecule has 0 aliphatic carbocycles. The maximum atomic E-state index is 13.9. The normalized spacial score (nSPS) is 18.0. The minimum Gasteiger partial charge on any atom is -0.448 e. The molecule has 3 aromatic rings. The minimum atomic E-state index is -0.430. The van der Waals surface area contributed by atoms with Crippen LogP contribution in [0.3, 0.4) is 0 Å². The highest BCUT2D eigenvalue weighted by molar-refractivity contribution is 7.10. The number of hydrogen-bond acceptors (Lipinski definition) is 3. The van der Waals surface area contributed by atoms with Gasteiger partial charge in [-0.2, -0.15) is 0 Å². The van der Waals surface area contributed by atoms with Crippen molar-refractivity contribution in [3.63, 3.8) is 0 Å². The number of thiophene rings is 1. The van der Waals surface area contributed by atoms with Crippen LogP contribution in [-0.2, 0) is 0 Å². The van der Waals surface area contributed by atoms with E-state index in [0.717, 1.165) is 12.8 Å². The zero-order valence-corrected chi connectivity index (χ0v) is 13.5. The van der Waals surface area contributed by atoms with Gasteiger partial charge in [0.25, 0.3) is 5.91 Å². The summed E-state index contributed by atoms with van der Waals surface area (Å²) in [5, 5.41) is 2.69. The van der Waals surface area contributed by atoms with Crippen molar-refractivity contribution < 1.29 is 13.6 Å². The lowest BCUT2D eigenvalue weighted by Crippen LogP contribution is -2.30. The summed E-state index contributed by atoms with van der Waals surface area (Å²) in [5.74, 6) is -0.316. The summed E-state index contributed by atoms with van der Waals surface area (Å²) in [5.41, 5.74) is 0.876. The van der Waals surface area contributed by atoms with E-state index in [2.05, 4.69) is 6.07 Å². The number of halogens is 1. The quantitative estimate of drug-likeness (QED) is 0.668. The van der Waals surface area contributed by atoms with Crippen molar-refractivity contribution in [2.75, 3.05) is 6.54 Å². The third-order valence-electron chi connectivity index (χ3n) is 4.50. The topological polar surface area (TPSA) is 33.5 Å². The van der Waals surface area contributed by atoms with Gasteiger partial charge in [-0.3, -0.25) is 4.79 Å². The fourth-order valence-corrected chi connectivity index (χ4v) is 4.20. The van der Waals surface area contributed by atoms with Gasteiger partial charge in [0.15, 0.2) is 17.2 Å². The van der Waals surface area contributed by atoms with E-state index in [9.17, 15) is 9.18 Å². The fourth-order valence-electron chi connectivity index (χ4n) is 3.33. The van der Waals surface area contributed by atoms with Crippen LogP contribution in [-0.4, -0.2) is 17.4 Å². The van der Waals surface area contributed by atoms with Crippen LogP contribution in [0.15, 0.2) is 40.1 Å². The molecule has 0 bridgehead atoms. The van der Waals surface area contributed by atoms with Crippen LogP contribution >= 0.6 is 11.3 Å². The van der Waals surface area contributed by atoms with E-state index in [1.807, 2.05) is 23.3 Å². The van der Waals surface area contributed by atoms with E-state index in [1.165, 1.54) is 10.9 Å². The molecule has 118 valence electrons. The van der Waals surface area contributed by atoms with Crippen molar-refractivity contribution >= 4 is 28.2 Å². The second-order valence-electron chi connectivity index (χ2n) is 5.84. The van der Waals surface area contributed by atoms with E-state index in [0.29, 0.717) is 17.5 Å². The second-order valence-corrected chi connectivity index (χ2v) is 6.82. The van der Waals surface area contributed by atoms with Crippen molar-refractivity contribution in [2.45, 2.75) is 25.8 Å². The van der Waals surface area contributed by atoms with Gasteiger partial charge in [-0.25, -0.2) is 4.39 Å². The van der Waals surface area contributed by atoms with Gasteiger partial charge in [0.2, 0.25) is 0 Å². The molecule has 0 spiro atoms. The van der Waals surface area contributed by atoms with E-state index in [1.54, 1.807) is 23.5 Å². The number of benzene rings is 1. The van der Waals surface area contributed by atoms with Crippen molar-refractivity contribution in [1.82, 2.24) is 4.90 Å². The van der Waals surface area contributed by atoms with Crippen LogP contribution in [0.5, 0.6) is 0 Å². The molecule has 1 aliphatic rings. The Morgan fingerprint density at radius 2 is 2.22 bits per heavy atom. The van der Waals surface area contributed by atoms with Gasteiger partial charge in [-0.1, -0.05) is 18.2 Å². The van der Waals surface area contributed by atoms with Crippen molar-refractivity contribution in [1.29, 1.82) is 0 Å². The number of fused-ring (bicyclic) bond motifs is 1. The average molecular weight is 329 g/mol. The largest absolute Gasteiger partial charge is 0.448 e. The van der Waals surface area contributed by atoms with Crippen molar-refractivity contribution in [2.24, 2.45) is 0 Å². The maximum Gasteiger partial charge on any atom is 0.290 e. The van der Waals surface area contributed by atoms with Crippen molar-refractivity contribution in [3.05, 3.63) is 57.7 Å². The van der Waals surface area contributed by atoms with Crippen LogP contribution in [0.4, 0.5) is 4.39 Å². The Bertz CT molecular complexity index is 869. The van der Waals surface area contributed by atoms with Gasteiger partial charge in [-0.05, 0) is 37.3 Å². The Kier molecular flexibility index (Phi) is 3.45. The molecule has 0 N–H and O–H groups in total. The molecule has 4 rings (SSSR count). The van der Waals surface area contributed by atoms with Gasteiger partial charge in [0, 0.05) is 22.4 Å². The first-order valence-electron chi connectivity index (χ1n) is 7.69. The summed E-state index contributed by atoms with van der Waals surface area (Å²) in [6.07, 6.45) is 1.93. The highest BCUT2D eigenvalue weighted by Crippen LogP contribution is 2.37. The monoisotopic (exact) mass is 329 g/mol. The molecule has 0 radical (unpaired) electrons. The number of furan rings is 1. The predicted molar refractivity (Wildman–Crippen MR) is 88.2 cm³/mol. The molecule has 5 heteroatoms. The second kappa shape index (κ2) is 5.49. The maximum absolute atomic E-state index is 13.9. The number of carbonyl (C=O) groups is 1. The summed E-state index contributed by atoms with van der Waals surface area (Å²) < 4.78 is 19.5. The summed E-state index contributed by atoms with van der Waals surface area (Å²) in [6, 6.07) is 8.94. The zero-order chi connectivity index (χ0) is 16.0. The van der Waals surface area contributed by atoms with Gasteiger partial charge >= 0.3 is 0 Å². The molecule has 3 nitrogen and oxygen atoms in total. The zero-order valence-electron chi connectivity index (χ0n) is 12.7. The summed E-state index contributed by atoms with van der Waals surface area (Å²) >= 11 is 1.66.